The molecule has 27 heavy (non-hydrogen) atoms. The number of amides is 2. The van der Waals surface area contributed by atoms with Gasteiger partial charge in [0.25, 0.3) is 0 Å². The van der Waals surface area contributed by atoms with E-state index in [0.717, 1.165) is 49.7 Å². The molecule has 0 radical (unpaired) electrons. The zero-order chi connectivity index (χ0) is 18.4. The number of hydrogen-bond donors (Lipinski definition) is 0. The Bertz CT molecular complexity index is 837. The van der Waals surface area contributed by atoms with E-state index >= 15 is 0 Å². The highest BCUT2D eigenvalue weighted by atomic mass is 32.1. The molecule has 2 amide bonds. The van der Waals surface area contributed by atoms with Gasteiger partial charge in [0.1, 0.15) is 0 Å². The van der Waals surface area contributed by atoms with Crippen molar-refractivity contribution in [2.45, 2.75) is 31.7 Å². The zero-order valence-electron chi connectivity index (χ0n) is 15.3. The number of aromatic nitrogens is 1. The average molecular weight is 385 g/mol. The van der Waals surface area contributed by atoms with E-state index in [-0.39, 0.29) is 17.7 Å². The van der Waals surface area contributed by atoms with Crippen LogP contribution >= 0.6 is 11.3 Å². The van der Waals surface area contributed by atoms with Gasteiger partial charge in [0.05, 0.1) is 16.1 Å². The number of thiazole rings is 1. The van der Waals surface area contributed by atoms with Crippen molar-refractivity contribution < 1.29 is 9.59 Å². The summed E-state index contributed by atoms with van der Waals surface area (Å²) < 4.78 is 1.21. The minimum absolute atomic E-state index is 0.0164. The van der Waals surface area contributed by atoms with Gasteiger partial charge in [-0.15, -0.1) is 0 Å². The van der Waals surface area contributed by atoms with Crippen LogP contribution in [-0.4, -0.2) is 65.4 Å². The van der Waals surface area contributed by atoms with E-state index in [1.54, 1.807) is 11.3 Å². The van der Waals surface area contributed by atoms with Crippen molar-refractivity contribution in [1.82, 2.24) is 14.8 Å². The van der Waals surface area contributed by atoms with Gasteiger partial charge in [0, 0.05) is 45.2 Å². The first kappa shape index (κ1) is 17.0. The molecular weight excluding hydrogens is 360 g/mol. The maximum Gasteiger partial charge on any atom is 0.227 e. The molecule has 2 saturated heterocycles. The summed E-state index contributed by atoms with van der Waals surface area (Å²) >= 11 is 1.72. The maximum atomic E-state index is 13.0. The smallest absolute Gasteiger partial charge is 0.227 e. The van der Waals surface area contributed by atoms with Gasteiger partial charge in [-0.3, -0.25) is 9.59 Å². The van der Waals surface area contributed by atoms with Gasteiger partial charge in [-0.1, -0.05) is 23.5 Å². The van der Waals surface area contributed by atoms with Gasteiger partial charge in [-0.25, -0.2) is 4.98 Å². The van der Waals surface area contributed by atoms with Gasteiger partial charge < -0.3 is 14.7 Å². The first-order chi connectivity index (χ1) is 13.2. The van der Waals surface area contributed by atoms with Crippen LogP contribution in [0.2, 0.25) is 0 Å². The molecule has 0 unspecified atom stereocenters. The van der Waals surface area contributed by atoms with Crippen molar-refractivity contribution in [3.05, 3.63) is 24.3 Å². The third kappa shape index (κ3) is 3.29. The van der Waals surface area contributed by atoms with Crippen molar-refractivity contribution in [2.24, 2.45) is 5.92 Å². The van der Waals surface area contributed by atoms with Gasteiger partial charge in [0.2, 0.25) is 11.8 Å². The monoisotopic (exact) mass is 384 g/mol. The second kappa shape index (κ2) is 6.78. The number of carbonyl (C=O) groups excluding carboxylic acids is 2. The molecule has 5 rings (SSSR count). The molecule has 3 fully saturated rings. The third-order valence-corrected chi connectivity index (χ3v) is 7.02. The Kier molecular flexibility index (Phi) is 4.27. The largest absolute Gasteiger partial charge is 0.345 e. The molecule has 1 atom stereocenters. The average Bonchev–Trinajstić information content (AvgIpc) is 3.45. The highest BCUT2D eigenvalue weighted by Gasteiger charge is 2.40. The number of carbonyl (C=O) groups is 2. The molecule has 0 spiro atoms. The van der Waals surface area contributed by atoms with Gasteiger partial charge in [0.15, 0.2) is 5.13 Å². The summed E-state index contributed by atoms with van der Waals surface area (Å²) in [5.41, 5.74) is 1.04. The molecule has 0 bridgehead atoms. The van der Waals surface area contributed by atoms with Crippen LogP contribution in [-0.2, 0) is 9.59 Å². The molecule has 3 aliphatic rings. The molecule has 1 saturated carbocycles. The fourth-order valence-electron chi connectivity index (χ4n) is 4.18. The second-order valence-electron chi connectivity index (χ2n) is 7.79. The number of piperazine rings is 1. The zero-order valence-corrected chi connectivity index (χ0v) is 16.2. The Hall–Kier alpha value is -2.15. The van der Waals surface area contributed by atoms with Gasteiger partial charge in [-0.05, 0) is 31.4 Å². The van der Waals surface area contributed by atoms with Crippen LogP contribution in [0.4, 0.5) is 5.13 Å². The lowest BCUT2D eigenvalue weighted by Crippen LogP contribution is -2.53. The van der Waals surface area contributed by atoms with Crippen molar-refractivity contribution in [1.29, 1.82) is 0 Å². The lowest BCUT2D eigenvalue weighted by Gasteiger charge is -2.39. The molecule has 1 aliphatic carbocycles. The molecule has 0 N–H and O–H groups in total. The van der Waals surface area contributed by atoms with Gasteiger partial charge in [-0.2, -0.15) is 0 Å². The number of hydrogen-bond acceptors (Lipinski definition) is 5. The second-order valence-corrected chi connectivity index (χ2v) is 8.80. The number of benzene rings is 1. The highest BCUT2D eigenvalue weighted by molar-refractivity contribution is 7.22. The van der Waals surface area contributed by atoms with Crippen molar-refractivity contribution in [3.8, 4) is 0 Å². The van der Waals surface area contributed by atoms with E-state index in [0.29, 0.717) is 25.4 Å². The fraction of sp³-hybridized carbons (Fsp3) is 0.550. The minimum atomic E-state index is -0.0164. The number of para-hydroxylation sites is 1. The topological polar surface area (TPSA) is 56.8 Å². The lowest BCUT2D eigenvalue weighted by atomic mass is 9.95. The van der Waals surface area contributed by atoms with Crippen LogP contribution < -0.4 is 4.90 Å². The van der Waals surface area contributed by atoms with E-state index in [1.807, 2.05) is 28.0 Å². The summed E-state index contributed by atoms with van der Waals surface area (Å²) in [6, 6.07) is 8.62. The Labute approximate surface area is 162 Å². The summed E-state index contributed by atoms with van der Waals surface area (Å²) in [4.78, 5) is 36.1. The van der Waals surface area contributed by atoms with Crippen LogP contribution in [0.5, 0.6) is 0 Å². The SMILES string of the molecule is O=C([C@@H]1CCC(=O)N(C2CC2)C1)N1CCN(c2nc3ccccc3s2)CC1. The van der Waals surface area contributed by atoms with Crippen LogP contribution in [0.25, 0.3) is 10.2 Å². The van der Waals surface area contributed by atoms with Crippen LogP contribution in [0, 0.1) is 5.92 Å². The number of rotatable bonds is 3. The van der Waals surface area contributed by atoms with E-state index < -0.39 is 0 Å². The van der Waals surface area contributed by atoms with Crippen LogP contribution in [0.15, 0.2) is 24.3 Å². The number of likely N-dealkylation sites (tertiary alicyclic amines) is 1. The number of nitrogens with zero attached hydrogens (tertiary/aromatic N) is 4. The lowest BCUT2D eigenvalue weighted by molar-refractivity contribution is -0.143. The molecular formula is C20H24N4O2S. The predicted octanol–water partition coefficient (Wildman–Crippen LogP) is 2.35. The van der Waals surface area contributed by atoms with Crippen LogP contribution in [0.1, 0.15) is 25.7 Å². The van der Waals surface area contributed by atoms with Gasteiger partial charge >= 0.3 is 0 Å². The molecule has 142 valence electrons. The maximum absolute atomic E-state index is 13.0. The summed E-state index contributed by atoms with van der Waals surface area (Å²) in [7, 11) is 0. The van der Waals surface area contributed by atoms with Crippen LogP contribution in [0.3, 0.4) is 0 Å². The summed E-state index contributed by atoms with van der Waals surface area (Å²) in [6.07, 6.45) is 3.44. The molecule has 1 aromatic carbocycles. The molecule has 3 heterocycles. The Balaban J connectivity index is 1.21. The summed E-state index contributed by atoms with van der Waals surface area (Å²) in [5.74, 6) is 0.455. The number of anilines is 1. The molecule has 6 nitrogen and oxygen atoms in total. The molecule has 7 heteroatoms. The number of piperidine rings is 1. The standard InChI is InChI=1S/C20H24N4O2S/c25-18-8-5-14(13-24(18)15-6-7-15)19(26)22-9-11-23(12-10-22)20-21-16-3-1-2-4-17(16)27-20/h1-4,14-15H,5-13H2/t14-/m1/s1. The Morgan fingerprint density at radius 2 is 1.85 bits per heavy atom. The Morgan fingerprint density at radius 3 is 2.59 bits per heavy atom. The Morgan fingerprint density at radius 1 is 1.07 bits per heavy atom. The van der Waals surface area contributed by atoms with E-state index in [4.69, 9.17) is 4.98 Å². The number of fused-ring (bicyclic) bond motifs is 1. The normalized spacial score (nSPS) is 23.9. The first-order valence-electron chi connectivity index (χ1n) is 9.88. The molecule has 2 aliphatic heterocycles. The highest BCUT2D eigenvalue weighted by Crippen LogP contribution is 2.33. The third-order valence-electron chi connectivity index (χ3n) is 5.93. The molecule has 2 aromatic rings. The summed E-state index contributed by atoms with van der Waals surface area (Å²) in [5, 5.41) is 1.05. The van der Waals surface area contributed by atoms with E-state index in [9.17, 15) is 9.59 Å². The minimum Gasteiger partial charge on any atom is -0.345 e. The first-order valence-corrected chi connectivity index (χ1v) is 10.7. The van der Waals surface area contributed by atoms with Crippen molar-refractivity contribution in [2.75, 3.05) is 37.6 Å². The quantitative estimate of drug-likeness (QED) is 0.815. The summed E-state index contributed by atoms with van der Waals surface area (Å²) in [6.45, 7) is 3.75. The predicted molar refractivity (Wildman–Crippen MR) is 106 cm³/mol. The van der Waals surface area contributed by atoms with E-state index in [1.165, 1.54) is 4.70 Å². The van der Waals surface area contributed by atoms with Crippen molar-refractivity contribution in [3.63, 3.8) is 0 Å². The van der Waals surface area contributed by atoms with E-state index in [2.05, 4.69) is 11.0 Å². The van der Waals surface area contributed by atoms with Crippen molar-refractivity contribution >= 4 is 38.5 Å². The molecule has 1 aromatic heterocycles. The fourth-order valence-corrected chi connectivity index (χ4v) is 5.20.